The van der Waals surface area contributed by atoms with E-state index in [9.17, 15) is 4.39 Å². The van der Waals surface area contributed by atoms with Gasteiger partial charge in [-0.3, -0.25) is 0 Å². The monoisotopic (exact) mass is 204 g/mol. The van der Waals surface area contributed by atoms with Crippen molar-refractivity contribution in [2.24, 2.45) is 5.10 Å². The first-order valence-electron chi connectivity index (χ1n) is 4.11. The summed E-state index contributed by atoms with van der Waals surface area (Å²) in [6.45, 7) is 5.55. The quantitative estimate of drug-likeness (QED) is 0.562. The van der Waals surface area contributed by atoms with Crippen LogP contribution in [-0.4, -0.2) is 23.8 Å². The van der Waals surface area contributed by atoms with Crippen LogP contribution in [0.15, 0.2) is 17.0 Å². The number of thioether (sulfide) groups is 1. The van der Waals surface area contributed by atoms with Crippen molar-refractivity contribution >= 4 is 17.5 Å². The Morgan fingerprint density at radius 3 is 2.38 bits per heavy atom. The fourth-order valence-electron chi connectivity index (χ4n) is 0.821. The second-order valence-electron chi connectivity index (χ2n) is 3.04. The highest BCUT2D eigenvalue weighted by molar-refractivity contribution is 8.00. The molecule has 0 amide bonds. The third kappa shape index (κ3) is 3.38. The molecule has 76 valence electrons. The Bertz CT molecular complexity index is 222. The first-order chi connectivity index (χ1) is 5.99. The Hall–Kier alpha value is -0.510. The molecule has 0 aromatic carbocycles. The van der Waals surface area contributed by atoms with Gasteiger partial charge in [0.1, 0.15) is 11.5 Å². The highest BCUT2D eigenvalue weighted by atomic mass is 32.2. The number of nitrogens with one attached hydrogen (secondary N) is 1. The van der Waals surface area contributed by atoms with E-state index in [-0.39, 0.29) is 10.6 Å². The molecule has 0 aliphatic rings. The van der Waals surface area contributed by atoms with Gasteiger partial charge in [-0.2, -0.15) is 16.9 Å². The van der Waals surface area contributed by atoms with E-state index in [0.717, 1.165) is 0 Å². The molecule has 0 aromatic rings. The number of allylic oxidation sites excluding steroid dienone is 2. The van der Waals surface area contributed by atoms with Gasteiger partial charge in [0, 0.05) is 7.05 Å². The molecular formula is C9H17FN2S. The first-order valence-corrected chi connectivity index (χ1v) is 5.34. The Morgan fingerprint density at radius 1 is 1.54 bits per heavy atom. The highest BCUT2D eigenvalue weighted by Gasteiger charge is 2.27. The van der Waals surface area contributed by atoms with E-state index in [1.54, 1.807) is 25.7 Å². The van der Waals surface area contributed by atoms with Gasteiger partial charge < -0.3 is 5.43 Å². The van der Waals surface area contributed by atoms with Gasteiger partial charge in [0.05, 0.1) is 4.75 Å². The van der Waals surface area contributed by atoms with Crippen molar-refractivity contribution in [3.63, 3.8) is 0 Å². The molecule has 0 spiro atoms. The van der Waals surface area contributed by atoms with Crippen LogP contribution >= 0.6 is 11.8 Å². The van der Waals surface area contributed by atoms with E-state index in [1.165, 1.54) is 6.08 Å². The van der Waals surface area contributed by atoms with E-state index in [4.69, 9.17) is 0 Å². The van der Waals surface area contributed by atoms with Crippen LogP contribution in [0.3, 0.4) is 0 Å². The van der Waals surface area contributed by atoms with Crippen molar-refractivity contribution in [2.75, 3.05) is 13.3 Å². The molecule has 0 rings (SSSR count). The lowest BCUT2D eigenvalue weighted by molar-refractivity contribution is 0.662. The largest absolute Gasteiger partial charge is 0.313 e. The Kier molecular flexibility index (Phi) is 5.06. The summed E-state index contributed by atoms with van der Waals surface area (Å²) in [5.41, 5.74) is 3.07. The van der Waals surface area contributed by atoms with E-state index in [0.29, 0.717) is 5.71 Å². The summed E-state index contributed by atoms with van der Waals surface area (Å²) >= 11 is 1.57. The van der Waals surface area contributed by atoms with Gasteiger partial charge in [-0.05, 0) is 33.1 Å². The lowest BCUT2D eigenvalue weighted by Gasteiger charge is -2.22. The fraction of sp³-hybridized carbons (Fsp3) is 0.667. The normalized spacial score (nSPS) is 14.6. The summed E-state index contributed by atoms with van der Waals surface area (Å²) in [5, 5.41) is 3.94. The molecule has 0 saturated heterocycles. The molecule has 0 aliphatic carbocycles. The van der Waals surface area contributed by atoms with E-state index in [2.05, 4.69) is 10.5 Å². The Labute approximate surface area is 83.7 Å². The maximum absolute atomic E-state index is 13.3. The third-order valence-corrected chi connectivity index (χ3v) is 3.00. The molecule has 0 fully saturated rings. The molecule has 13 heavy (non-hydrogen) atoms. The van der Waals surface area contributed by atoms with E-state index in [1.807, 2.05) is 20.1 Å². The Morgan fingerprint density at radius 2 is 2.08 bits per heavy atom. The van der Waals surface area contributed by atoms with Gasteiger partial charge in [0.15, 0.2) is 0 Å². The number of hydrogen-bond donors (Lipinski definition) is 1. The van der Waals surface area contributed by atoms with Gasteiger partial charge in [0.2, 0.25) is 0 Å². The van der Waals surface area contributed by atoms with Crippen LogP contribution in [0.5, 0.6) is 0 Å². The molecule has 0 atom stereocenters. The summed E-state index contributed by atoms with van der Waals surface area (Å²) in [4.78, 5) is 0. The molecule has 0 radical (unpaired) electrons. The van der Waals surface area contributed by atoms with Crippen LogP contribution in [0, 0.1) is 0 Å². The lowest BCUT2D eigenvalue weighted by Crippen LogP contribution is -2.29. The molecule has 4 heteroatoms. The van der Waals surface area contributed by atoms with Crippen molar-refractivity contribution in [1.29, 1.82) is 0 Å². The van der Waals surface area contributed by atoms with Gasteiger partial charge in [0.25, 0.3) is 0 Å². The fourth-order valence-corrected chi connectivity index (χ4v) is 1.16. The second kappa shape index (κ2) is 5.27. The predicted octanol–water partition coefficient (Wildman–Crippen LogP) is 2.58. The van der Waals surface area contributed by atoms with E-state index < -0.39 is 0 Å². The zero-order chi connectivity index (χ0) is 10.5. The minimum absolute atomic E-state index is 0.270. The molecule has 2 nitrogen and oxygen atoms in total. The van der Waals surface area contributed by atoms with Crippen LogP contribution in [0.4, 0.5) is 4.39 Å². The van der Waals surface area contributed by atoms with Crippen LogP contribution < -0.4 is 5.43 Å². The molecule has 0 aliphatic heterocycles. The third-order valence-electron chi connectivity index (χ3n) is 1.78. The summed E-state index contributed by atoms with van der Waals surface area (Å²) in [5.74, 6) is -0.270. The average Bonchev–Trinajstić information content (AvgIpc) is 2.12. The lowest BCUT2D eigenvalue weighted by atomic mass is 10.1. The van der Waals surface area contributed by atoms with Gasteiger partial charge >= 0.3 is 0 Å². The molecular weight excluding hydrogens is 187 g/mol. The summed E-state index contributed by atoms with van der Waals surface area (Å²) in [7, 11) is 1.67. The topological polar surface area (TPSA) is 24.4 Å². The number of halogens is 1. The van der Waals surface area contributed by atoms with Gasteiger partial charge in [-0.15, -0.1) is 0 Å². The second-order valence-corrected chi connectivity index (χ2v) is 4.46. The smallest absolute Gasteiger partial charge is 0.143 e. The van der Waals surface area contributed by atoms with Crippen molar-refractivity contribution in [1.82, 2.24) is 5.43 Å². The highest BCUT2D eigenvalue weighted by Crippen LogP contribution is 2.27. The molecule has 0 bridgehead atoms. The maximum Gasteiger partial charge on any atom is 0.143 e. The van der Waals surface area contributed by atoms with E-state index >= 15 is 0 Å². The molecule has 1 N–H and O–H groups in total. The van der Waals surface area contributed by atoms with Gasteiger partial charge in [-0.25, -0.2) is 4.39 Å². The first kappa shape index (κ1) is 12.5. The minimum Gasteiger partial charge on any atom is -0.313 e. The Balaban J connectivity index is 4.94. The number of hydrazone groups is 1. The maximum atomic E-state index is 13.3. The molecule has 0 unspecified atom stereocenters. The summed E-state index contributed by atoms with van der Waals surface area (Å²) < 4.78 is 13.0. The standard InChI is InChI=1S/C9H17FN2S/c1-6-7(10)8(12-11-4)9(2,3)13-5/h6,11H,1-5H3/b7-6+,12-8-. The predicted molar refractivity (Wildman–Crippen MR) is 59.0 cm³/mol. The molecule has 0 saturated carbocycles. The number of nitrogens with zero attached hydrogens (tertiary/aromatic N) is 1. The zero-order valence-electron chi connectivity index (χ0n) is 8.81. The molecule has 0 aromatic heterocycles. The van der Waals surface area contributed by atoms with Crippen molar-refractivity contribution in [3.8, 4) is 0 Å². The minimum atomic E-state index is -0.306. The van der Waals surface area contributed by atoms with Crippen LogP contribution in [0.25, 0.3) is 0 Å². The van der Waals surface area contributed by atoms with Crippen LogP contribution in [0.1, 0.15) is 20.8 Å². The van der Waals surface area contributed by atoms with Gasteiger partial charge in [-0.1, -0.05) is 0 Å². The number of hydrogen-bond acceptors (Lipinski definition) is 3. The summed E-state index contributed by atoms with van der Waals surface area (Å²) in [6, 6.07) is 0. The van der Waals surface area contributed by atoms with Crippen LogP contribution in [0.2, 0.25) is 0 Å². The van der Waals surface area contributed by atoms with Crippen molar-refractivity contribution in [3.05, 3.63) is 11.9 Å². The molecule has 0 heterocycles. The van der Waals surface area contributed by atoms with Crippen molar-refractivity contribution < 1.29 is 4.39 Å². The number of rotatable bonds is 4. The SMILES string of the molecule is C/C=C(F)\C(=N\NC)C(C)(C)SC. The van der Waals surface area contributed by atoms with Crippen molar-refractivity contribution in [2.45, 2.75) is 25.5 Å². The zero-order valence-corrected chi connectivity index (χ0v) is 9.63. The summed E-state index contributed by atoms with van der Waals surface area (Å²) in [6.07, 6.45) is 3.36. The average molecular weight is 204 g/mol. The van der Waals surface area contributed by atoms with Crippen LogP contribution in [-0.2, 0) is 0 Å².